The van der Waals surface area contributed by atoms with Gasteiger partial charge in [-0.15, -0.1) is 0 Å². The van der Waals surface area contributed by atoms with Crippen molar-refractivity contribution in [3.8, 4) is 11.5 Å². The molecule has 0 spiro atoms. The van der Waals surface area contributed by atoms with E-state index in [4.69, 9.17) is 9.47 Å². The third-order valence-electron chi connectivity index (χ3n) is 5.86. The maximum Gasteiger partial charge on any atom is 0.161 e. The summed E-state index contributed by atoms with van der Waals surface area (Å²) in [5.74, 6) is 1.34. The second kappa shape index (κ2) is 12.6. The van der Waals surface area contributed by atoms with E-state index >= 15 is 0 Å². The van der Waals surface area contributed by atoms with Crippen molar-refractivity contribution in [3.05, 3.63) is 48.0 Å². The minimum absolute atomic E-state index is 0.253. The maximum atomic E-state index is 10.4. The molecule has 1 fully saturated rings. The van der Waals surface area contributed by atoms with Crippen LogP contribution in [0, 0.1) is 0 Å². The predicted molar refractivity (Wildman–Crippen MR) is 121 cm³/mol. The van der Waals surface area contributed by atoms with E-state index in [0.29, 0.717) is 24.1 Å². The summed E-state index contributed by atoms with van der Waals surface area (Å²) in [6.07, 6.45) is 11.9. The molecule has 7 nitrogen and oxygen atoms in total. The lowest BCUT2D eigenvalue weighted by Crippen LogP contribution is -2.40. The van der Waals surface area contributed by atoms with Crippen LogP contribution in [-0.2, 0) is 13.0 Å². The van der Waals surface area contributed by atoms with E-state index in [0.717, 1.165) is 30.8 Å². The number of benzene rings is 1. The van der Waals surface area contributed by atoms with Gasteiger partial charge in [0.05, 0.1) is 12.8 Å². The van der Waals surface area contributed by atoms with Gasteiger partial charge in [-0.3, -0.25) is 9.97 Å². The number of hydrogen-bond donors (Lipinski definition) is 2. The monoisotopic (exact) mass is 428 g/mol. The van der Waals surface area contributed by atoms with E-state index in [9.17, 15) is 5.11 Å². The number of aliphatic hydroxyl groups is 1. The van der Waals surface area contributed by atoms with Crippen LogP contribution in [0.4, 0.5) is 0 Å². The van der Waals surface area contributed by atoms with Gasteiger partial charge in [0.25, 0.3) is 0 Å². The molecule has 2 N–H and O–H groups in total. The molecule has 1 aromatic carbocycles. The number of aliphatic hydroxyl groups excluding tert-OH is 1. The molecule has 1 saturated carbocycles. The van der Waals surface area contributed by atoms with Gasteiger partial charge in [0.2, 0.25) is 0 Å². The molecule has 0 unspecified atom stereocenters. The fourth-order valence-electron chi connectivity index (χ4n) is 4.09. The lowest BCUT2D eigenvalue weighted by atomic mass is 9.94. The summed E-state index contributed by atoms with van der Waals surface area (Å²) in [6.45, 7) is 2.43. The van der Waals surface area contributed by atoms with Gasteiger partial charge in [-0.2, -0.15) is 0 Å². The van der Waals surface area contributed by atoms with Gasteiger partial charge in [0, 0.05) is 50.7 Å². The van der Waals surface area contributed by atoms with Crippen LogP contribution in [0.2, 0.25) is 0 Å². The van der Waals surface area contributed by atoms with Gasteiger partial charge < -0.3 is 24.8 Å². The zero-order chi connectivity index (χ0) is 21.9. The SMILES string of the molecule is COc1cc(CNCCc2cnccn2)ccc1OC[C@H](O)CN(C)C1CCCCC1. The number of hydrogen-bond acceptors (Lipinski definition) is 7. The third kappa shape index (κ3) is 7.76. The van der Waals surface area contributed by atoms with Crippen molar-refractivity contribution in [3.63, 3.8) is 0 Å². The Kier molecular flexibility index (Phi) is 9.52. The van der Waals surface area contributed by atoms with E-state index < -0.39 is 6.10 Å². The number of nitrogens with zero attached hydrogens (tertiary/aromatic N) is 3. The highest BCUT2D eigenvalue weighted by Crippen LogP contribution is 2.28. The zero-order valence-corrected chi connectivity index (χ0v) is 18.8. The van der Waals surface area contributed by atoms with Crippen LogP contribution in [0.5, 0.6) is 11.5 Å². The van der Waals surface area contributed by atoms with Gasteiger partial charge in [0.15, 0.2) is 11.5 Å². The average molecular weight is 429 g/mol. The smallest absolute Gasteiger partial charge is 0.161 e. The first kappa shape index (κ1) is 23.4. The summed E-state index contributed by atoms with van der Waals surface area (Å²) >= 11 is 0. The van der Waals surface area contributed by atoms with Crippen LogP contribution in [0.15, 0.2) is 36.8 Å². The molecule has 1 aromatic heterocycles. The molecular formula is C24H36N4O3. The van der Waals surface area contributed by atoms with Gasteiger partial charge >= 0.3 is 0 Å². The molecular weight excluding hydrogens is 392 g/mol. The summed E-state index contributed by atoms with van der Waals surface area (Å²) in [6, 6.07) is 6.49. The highest BCUT2D eigenvalue weighted by atomic mass is 16.5. The molecule has 31 heavy (non-hydrogen) atoms. The zero-order valence-electron chi connectivity index (χ0n) is 18.8. The standard InChI is InChI=1S/C24H36N4O3/c1-28(21-6-4-3-5-7-21)17-22(29)18-31-23-9-8-19(14-24(23)30-2)15-25-11-10-20-16-26-12-13-27-20/h8-9,12-14,16,21-22,25,29H,3-7,10-11,15,17-18H2,1-2H3/t22-/m1/s1. The number of likely N-dealkylation sites (N-methyl/N-ethyl adjacent to an activating group) is 1. The van der Waals surface area contributed by atoms with E-state index in [1.807, 2.05) is 18.2 Å². The molecule has 0 bridgehead atoms. The fraction of sp³-hybridized carbons (Fsp3) is 0.583. The molecule has 2 aromatic rings. The number of rotatable bonds is 12. The molecule has 0 radical (unpaired) electrons. The first-order chi connectivity index (χ1) is 15.2. The summed E-state index contributed by atoms with van der Waals surface area (Å²) in [7, 11) is 3.74. The fourth-order valence-corrected chi connectivity index (χ4v) is 4.09. The number of aromatic nitrogens is 2. The van der Waals surface area contributed by atoms with Gasteiger partial charge in [-0.1, -0.05) is 25.3 Å². The Bertz CT molecular complexity index is 769. The van der Waals surface area contributed by atoms with Crippen molar-refractivity contribution in [2.75, 3.05) is 33.9 Å². The van der Waals surface area contributed by atoms with Gasteiger partial charge in [-0.05, 0) is 37.6 Å². The highest BCUT2D eigenvalue weighted by Gasteiger charge is 2.20. The number of ether oxygens (including phenoxy) is 2. The molecule has 1 atom stereocenters. The molecule has 0 amide bonds. The van der Waals surface area contributed by atoms with Crippen LogP contribution < -0.4 is 14.8 Å². The molecule has 170 valence electrons. The minimum Gasteiger partial charge on any atom is -0.493 e. The average Bonchev–Trinajstić information content (AvgIpc) is 2.82. The van der Waals surface area contributed by atoms with Crippen molar-refractivity contribution in [1.29, 1.82) is 0 Å². The van der Waals surface area contributed by atoms with E-state index in [1.54, 1.807) is 25.7 Å². The Morgan fingerprint density at radius 1 is 1.19 bits per heavy atom. The normalized spacial score (nSPS) is 15.7. The second-order valence-electron chi connectivity index (χ2n) is 8.30. The van der Waals surface area contributed by atoms with E-state index in [2.05, 4.69) is 27.2 Å². The predicted octanol–water partition coefficient (Wildman–Crippen LogP) is 2.82. The van der Waals surface area contributed by atoms with Gasteiger partial charge in [0.1, 0.15) is 12.7 Å². The lowest BCUT2D eigenvalue weighted by molar-refractivity contribution is 0.0553. The molecule has 0 aliphatic heterocycles. The quantitative estimate of drug-likeness (QED) is 0.503. The summed E-state index contributed by atoms with van der Waals surface area (Å²) in [4.78, 5) is 10.6. The van der Waals surface area contributed by atoms with Gasteiger partial charge in [-0.25, -0.2) is 0 Å². The largest absolute Gasteiger partial charge is 0.493 e. The Hall–Kier alpha value is -2.22. The molecule has 1 heterocycles. The van der Waals surface area contributed by atoms with Crippen LogP contribution in [-0.4, -0.2) is 66.0 Å². The number of nitrogens with one attached hydrogen (secondary N) is 1. The van der Waals surface area contributed by atoms with Crippen molar-refractivity contribution in [1.82, 2.24) is 20.2 Å². The summed E-state index contributed by atoms with van der Waals surface area (Å²) in [5, 5.41) is 13.9. The second-order valence-corrected chi connectivity index (χ2v) is 8.30. The van der Waals surface area contributed by atoms with Crippen molar-refractivity contribution in [2.45, 2.75) is 57.2 Å². The molecule has 0 saturated heterocycles. The lowest BCUT2D eigenvalue weighted by Gasteiger charge is -2.32. The Morgan fingerprint density at radius 2 is 2.03 bits per heavy atom. The molecule has 1 aliphatic carbocycles. The molecule has 7 heteroatoms. The Labute approximate surface area is 185 Å². The first-order valence-electron chi connectivity index (χ1n) is 11.3. The van der Waals surface area contributed by atoms with Crippen LogP contribution >= 0.6 is 0 Å². The molecule has 3 rings (SSSR count). The van der Waals surface area contributed by atoms with E-state index in [1.165, 1.54) is 32.1 Å². The topological polar surface area (TPSA) is 79.7 Å². The Morgan fingerprint density at radius 3 is 2.77 bits per heavy atom. The minimum atomic E-state index is -0.529. The van der Waals surface area contributed by atoms with Crippen molar-refractivity contribution in [2.24, 2.45) is 0 Å². The highest BCUT2D eigenvalue weighted by molar-refractivity contribution is 5.43. The van der Waals surface area contributed by atoms with Crippen LogP contribution in [0.3, 0.4) is 0 Å². The van der Waals surface area contributed by atoms with Crippen molar-refractivity contribution >= 4 is 0 Å². The third-order valence-corrected chi connectivity index (χ3v) is 5.86. The van der Waals surface area contributed by atoms with E-state index in [-0.39, 0.29) is 6.61 Å². The Balaban J connectivity index is 1.42. The molecule has 1 aliphatic rings. The van der Waals surface area contributed by atoms with Crippen LogP contribution in [0.1, 0.15) is 43.4 Å². The van der Waals surface area contributed by atoms with Crippen LogP contribution in [0.25, 0.3) is 0 Å². The summed E-state index contributed by atoms with van der Waals surface area (Å²) < 4.78 is 11.4. The number of methoxy groups -OCH3 is 1. The first-order valence-corrected chi connectivity index (χ1v) is 11.3. The summed E-state index contributed by atoms with van der Waals surface area (Å²) in [5.41, 5.74) is 2.09. The maximum absolute atomic E-state index is 10.4. The van der Waals surface area contributed by atoms with Crippen molar-refractivity contribution < 1.29 is 14.6 Å².